The molecule has 32 heavy (non-hydrogen) atoms. The van der Waals surface area contributed by atoms with Gasteiger partial charge in [0.15, 0.2) is 0 Å². The summed E-state index contributed by atoms with van der Waals surface area (Å²) in [6.45, 7) is 1.61. The molecular weight excluding hydrogens is 437 g/mol. The minimum Gasteiger partial charge on any atom is -0.326 e. The number of rotatable bonds is 7. The Kier molecular flexibility index (Phi) is 7.58. The minimum atomic E-state index is -4.56. The Morgan fingerprint density at radius 2 is 1.59 bits per heavy atom. The van der Waals surface area contributed by atoms with Crippen LogP contribution in [0.4, 0.5) is 24.5 Å². The Morgan fingerprint density at radius 1 is 0.906 bits per heavy atom. The number of thioether (sulfide) groups is 1. The maximum atomic E-state index is 13.1. The van der Waals surface area contributed by atoms with Gasteiger partial charge < -0.3 is 10.6 Å². The number of halogens is 3. The Hall–Kier alpha value is -3.26. The molecule has 0 saturated carbocycles. The maximum Gasteiger partial charge on any atom is 0.418 e. The van der Waals surface area contributed by atoms with Crippen LogP contribution in [0.25, 0.3) is 0 Å². The van der Waals surface area contributed by atoms with Crippen molar-refractivity contribution in [1.29, 1.82) is 0 Å². The average molecular weight is 459 g/mol. The van der Waals surface area contributed by atoms with Gasteiger partial charge in [0.25, 0.3) is 0 Å². The maximum absolute atomic E-state index is 13.1. The summed E-state index contributed by atoms with van der Waals surface area (Å²) in [6, 6.07) is 21.1. The summed E-state index contributed by atoms with van der Waals surface area (Å²) in [4.78, 5) is 25.5. The molecule has 0 spiro atoms. The summed E-state index contributed by atoms with van der Waals surface area (Å²) in [5.74, 6) is -0.724. The SMILES string of the molecule is CC(Sc1cccc(NC(=O)Cc2ccccc2)c1)C(=O)Nc1ccccc1C(F)(F)F. The molecule has 4 nitrogen and oxygen atoms in total. The molecule has 0 heterocycles. The zero-order valence-electron chi connectivity index (χ0n) is 17.1. The molecule has 3 rings (SSSR count). The molecule has 1 atom stereocenters. The van der Waals surface area contributed by atoms with Crippen LogP contribution in [-0.4, -0.2) is 17.1 Å². The molecule has 2 N–H and O–H groups in total. The van der Waals surface area contributed by atoms with Gasteiger partial charge in [-0.2, -0.15) is 13.2 Å². The van der Waals surface area contributed by atoms with E-state index in [0.29, 0.717) is 10.6 Å². The van der Waals surface area contributed by atoms with Gasteiger partial charge in [-0.3, -0.25) is 9.59 Å². The second-order valence-corrected chi connectivity index (χ2v) is 8.45. The number of benzene rings is 3. The third kappa shape index (κ3) is 6.62. The van der Waals surface area contributed by atoms with Crippen molar-refractivity contribution in [1.82, 2.24) is 0 Å². The lowest BCUT2D eigenvalue weighted by molar-refractivity contribution is -0.137. The first kappa shape index (κ1) is 23.4. The highest BCUT2D eigenvalue weighted by Crippen LogP contribution is 2.35. The molecule has 3 aromatic carbocycles. The minimum absolute atomic E-state index is 0.173. The third-order valence-corrected chi connectivity index (χ3v) is 5.59. The molecular formula is C24H21F3N2O2S. The van der Waals surface area contributed by atoms with Crippen LogP contribution in [-0.2, 0) is 22.2 Å². The van der Waals surface area contributed by atoms with E-state index < -0.39 is 22.9 Å². The highest BCUT2D eigenvalue weighted by Gasteiger charge is 2.33. The first-order chi connectivity index (χ1) is 15.2. The summed E-state index contributed by atoms with van der Waals surface area (Å²) in [5.41, 5.74) is 0.291. The second-order valence-electron chi connectivity index (χ2n) is 7.03. The Morgan fingerprint density at radius 3 is 2.31 bits per heavy atom. The van der Waals surface area contributed by atoms with Crippen LogP contribution in [0.2, 0.25) is 0 Å². The molecule has 0 fully saturated rings. The standard InChI is InChI=1S/C24H21F3N2O2S/c1-16(23(31)29-21-13-6-5-12-20(21)24(25,26)27)32-19-11-7-10-18(15-19)28-22(30)14-17-8-3-2-4-9-17/h2-13,15-16H,14H2,1H3,(H,28,30)(H,29,31). The van der Waals surface area contributed by atoms with Crippen molar-refractivity contribution in [2.45, 2.75) is 29.7 Å². The Labute approximate surface area is 188 Å². The van der Waals surface area contributed by atoms with Gasteiger partial charge in [-0.1, -0.05) is 48.5 Å². The number of para-hydroxylation sites is 1. The lowest BCUT2D eigenvalue weighted by Crippen LogP contribution is -2.24. The summed E-state index contributed by atoms with van der Waals surface area (Å²) in [6.07, 6.45) is -4.33. The number of alkyl halides is 3. The lowest BCUT2D eigenvalue weighted by Gasteiger charge is -2.16. The molecule has 0 radical (unpaired) electrons. The highest BCUT2D eigenvalue weighted by molar-refractivity contribution is 8.00. The Balaban J connectivity index is 1.61. The zero-order valence-corrected chi connectivity index (χ0v) is 18.0. The van der Waals surface area contributed by atoms with E-state index in [-0.39, 0.29) is 18.0 Å². The number of hydrogen-bond acceptors (Lipinski definition) is 3. The van der Waals surface area contributed by atoms with Crippen molar-refractivity contribution in [3.8, 4) is 0 Å². The predicted octanol–water partition coefficient (Wildman–Crippen LogP) is 6.01. The number of amides is 2. The number of carbonyl (C=O) groups is 2. The van der Waals surface area contributed by atoms with Crippen LogP contribution < -0.4 is 10.6 Å². The second kappa shape index (κ2) is 10.4. The fourth-order valence-electron chi connectivity index (χ4n) is 2.96. The van der Waals surface area contributed by atoms with Gasteiger partial charge in [-0.05, 0) is 42.8 Å². The van der Waals surface area contributed by atoms with Gasteiger partial charge >= 0.3 is 6.18 Å². The van der Waals surface area contributed by atoms with Crippen molar-refractivity contribution < 1.29 is 22.8 Å². The van der Waals surface area contributed by atoms with E-state index in [4.69, 9.17) is 0 Å². The van der Waals surface area contributed by atoms with E-state index in [9.17, 15) is 22.8 Å². The van der Waals surface area contributed by atoms with E-state index in [2.05, 4.69) is 10.6 Å². The fraction of sp³-hybridized carbons (Fsp3) is 0.167. The Bertz CT molecular complexity index is 1090. The molecule has 8 heteroatoms. The van der Waals surface area contributed by atoms with Gasteiger partial charge in [0.05, 0.1) is 22.9 Å². The van der Waals surface area contributed by atoms with Gasteiger partial charge in [-0.25, -0.2) is 0 Å². The molecule has 0 aliphatic rings. The van der Waals surface area contributed by atoms with E-state index in [1.807, 2.05) is 30.3 Å². The molecule has 0 aliphatic carbocycles. The van der Waals surface area contributed by atoms with Crippen LogP contribution in [0.5, 0.6) is 0 Å². The first-order valence-corrected chi connectivity index (χ1v) is 10.7. The fourth-order valence-corrected chi connectivity index (χ4v) is 3.89. The number of hydrogen-bond donors (Lipinski definition) is 2. The quantitative estimate of drug-likeness (QED) is 0.427. The van der Waals surface area contributed by atoms with Crippen LogP contribution in [0.1, 0.15) is 18.1 Å². The molecule has 2 amide bonds. The average Bonchev–Trinajstić information content (AvgIpc) is 2.74. The van der Waals surface area contributed by atoms with Crippen LogP contribution in [0, 0.1) is 0 Å². The van der Waals surface area contributed by atoms with E-state index in [1.54, 1.807) is 31.2 Å². The van der Waals surface area contributed by atoms with Gasteiger partial charge in [-0.15, -0.1) is 11.8 Å². The molecule has 1 unspecified atom stereocenters. The van der Waals surface area contributed by atoms with Gasteiger partial charge in [0, 0.05) is 10.6 Å². The number of anilines is 2. The number of nitrogens with one attached hydrogen (secondary N) is 2. The van der Waals surface area contributed by atoms with Crippen LogP contribution >= 0.6 is 11.8 Å². The van der Waals surface area contributed by atoms with Crippen molar-refractivity contribution in [2.24, 2.45) is 0 Å². The number of carbonyl (C=O) groups excluding carboxylic acids is 2. The summed E-state index contributed by atoms with van der Waals surface area (Å²) < 4.78 is 39.4. The van der Waals surface area contributed by atoms with Gasteiger partial charge in [0.2, 0.25) is 11.8 Å². The molecule has 0 bridgehead atoms. The third-order valence-electron chi connectivity index (χ3n) is 4.50. The van der Waals surface area contributed by atoms with E-state index >= 15 is 0 Å². The molecule has 0 aliphatic heterocycles. The monoisotopic (exact) mass is 458 g/mol. The topological polar surface area (TPSA) is 58.2 Å². The van der Waals surface area contributed by atoms with Crippen LogP contribution in [0.15, 0.2) is 83.8 Å². The largest absolute Gasteiger partial charge is 0.418 e. The predicted molar refractivity (Wildman–Crippen MR) is 121 cm³/mol. The highest BCUT2D eigenvalue weighted by atomic mass is 32.2. The normalized spacial score (nSPS) is 12.1. The van der Waals surface area contributed by atoms with Crippen molar-refractivity contribution in [2.75, 3.05) is 10.6 Å². The summed E-state index contributed by atoms with van der Waals surface area (Å²) in [5, 5.41) is 4.52. The smallest absolute Gasteiger partial charge is 0.326 e. The summed E-state index contributed by atoms with van der Waals surface area (Å²) >= 11 is 1.18. The summed E-state index contributed by atoms with van der Waals surface area (Å²) in [7, 11) is 0. The van der Waals surface area contributed by atoms with Crippen molar-refractivity contribution in [3.63, 3.8) is 0 Å². The van der Waals surface area contributed by atoms with Crippen LogP contribution in [0.3, 0.4) is 0 Å². The van der Waals surface area contributed by atoms with E-state index in [0.717, 1.165) is 11.6 Å². The lowest BCUT2D eigenvalue weighted by atomic mass is 10.1. The molecule has 0 aromatic heterocycles. The first-order valence-electron chi connectivity index (χ1n) is 9.80. The molecule has 3 aromatic rings. The molecule has 0 saturated heterocycles. The van der Waals surface area contributed by atoms with Gasteiger partial charge in [0.1, 0.15) is 0 Å². The zero-order chi connectivity index (χ0) is 23.1. The van der Waals surface area contributed by atoms with Crippen molar-refractivity contribution >= 4 is 35.0 Å². The van der Waals surface area contributed by atoms with E-state index in [1.165, 1.54) is 30.0 Å². The molecule has 166 valence electrons. The van der Waals surface area contributed by atoms with Crippen molar-refractivity contribution in [3.05, 3.63) is 90.0 Å².